The van der Waals surface area contributed by atoms with E-state index in [-0.39, 0.29) is 0 Å². The molecular formula is C6H8N2O. The number of nitrogens with zero attached hydrogens (tertiary/aromatic N) is 2. The molecule has 0 amide bonds. The van der Waals surface area contributed by atoms with Gasteiger partial charge in [0.1, 0.15) is 0 Å². The molecule has 9 heavy (non-hydrogen) atoms. The molecule has 0 atom stereocenters. The van der Waals surface area contributed by atoms with E-state index < -0.39 is 0 Å². The molecular weight excluding hydrogens is 116 g/mol. The van der Waals surface area contributed by atoms with Crippen LogP contribution in [0.5, 0.6) is 0 Å². The fraction of sp³-hybridized carbons (Fsp3) is 0.333. The number of hydrogen-bond donors (Lipinski definition) is 0. The first kappa shape index (κ1) is 6.01. The smallest absolute Gasteiger partial charge is 0.223 e. The molecule has 0 aliphatic heterocycles. The molecule has 0 aromatic carbocycles. The molecule has 3 nitrogen and oxygen atoms in total. The zero-order chi connectivity index (χ0) is 6.85. The van der Waals surface area contributed by atoms with Gasteiger partial charge in [-0.25, -0.2) is 0 Å². The SMILES string of the molecule is C=C(C)c1noc(C)n1. The standard InChI is InChI=1S/C6H8N2O/c1-4(2)6-7-5(3)9-8-6/h1H2,2-3H3. The number of allylic oxidation sites excluding steroid dienone is 1. The maximum Gasteiger partial charge on any atom is 0.223 e. The lowest BCUT2D eigenvalue weighted by Crippen LogP contribution is -1.79. The summed E-state index contributed by atoms with van der Waals surface area (Å²) in [4.78, 5) is 3.93. The van der Waals surface area contributed by atoms with Crippen molar-refractivity contribution in [2.45, 2.75) is 13.8 Å². The van der Waals surface area contributed by atoms with Crippen LogP contribution < -0.4 is 0 Å². The van der Waals surface area contributed by atoms with E-state index in [1.54, 1.807) is 6.92 Å². The molecule has 0 spiro atoms. The fourth-order valence-electron chi connectivity index (χ4n) is 0.473. The third kappa shape index (κ3) is 1.16. The van der Waals surface area contributed by atoms with E-state index in [9.17, 15) is 0 Å². The van der Waals surface area contributed by atoms with Crippen LogP contribution in [0.1, 0.15) is 18.6 Å². The van der Waals surface area contributed by atoms with Crippen molar-refractivity contribution in [3.05, 3.63) is 18.3 Å². The van der Waals surface area contributed by atoms with Gasteiger partial charge in [-0.1, -0.05) is 11.7 Å². The van der Waals surface area contributed by atoms with Crippen LogP contribution in [0, 0.1) is 6.92 Å². The molecule has 0 fully saturated rings. The first-order chi connectivity index (χ1) is 4.20. The van der Waals surface area contributed by atoms with E-state index >= 15 is 0 Å². The van der Waals surface area contributed by atoms with Crippen LogP contribution in [0.2, 0.25) is 0 Å². The second-order valence-corrected chi connectivity index (χ2v) is 1.92. The van der Waals surface area contributed by atoms with Crippen LogP contribution in [-0.4, -0.2) is 10.1 Å². The van der Waals surface area contributed by atoms with E-state index in [1.807, 2.05) is 6.92 Å². The molecule has 0 bridgehead atoms. The van der Waals surface area contributed by atoms with Crippen molar-refractivity contribution in [3.63, 3.8) is 0 Å². The number of aromatic nitrogens is 2. The normalized spacial score (nSPS) is 9.56. The van der Waals surface area contributed by atoms with Gasteiger partial charge in [0.05, 0.1) is 0 Å². The summed E-state index contributed by atoms with van der Waals surface area (Å²) in [5.74, 6) is 1.17. The molecule has 0 saturated carbocycles. The predicted octanol–water partition coefficient (Wildman–Crippen LogP) is 1.41. The summed E-state index contributed by atoms with van der Waals surface area (Å²) in [5, 5.41) is 3.63. The Hall–Kier alpha value is -1.12. The molecule has 1 rings (SSSR count). The molecule has 1 aromatic rings. The third-order valence-electron chi connectivity index (χ3n) is 0.909. The molecule has 3 heteroatoms. The van der Waals surface area contributed by atoms with Crippen LogP contribution in [-0.2, 0) is 0 Å². The van der Waals surface area contributed by atoms with Gasteiger partial charge >= 0.3 is 0 Å². The Morgan fingerprint density at radius 3 is 2.56 bits per heavy atom. The summed E-state index contributed by atoms with van der Waals surface area (Å²) in [6.45, 7) is 7.24. The Morgan fingerprint density at radius 1 is 1.67 bits per heavy atom. The van der Waals surface area contributed by atoms with Crippen LogP contribution >= 0.6 is 0 Å². The van der Waals surface area contributed by atoms with Crippen LogP contribution in [0.4, 0.5) is 0 Å². The molecule has 0 unspecified atom stereocenters. The monoisotopic (exact) mass is 124 g/mol. The molecule has 0 radical (unpaired) electrons. The minimum Gasteiger partial charge on any atom is -0.339 e. The first-order valence-corrected chi connectivity index (χ1v) is 2.66. The van der Waals surface area contributed by atoms with E-state index in [2.05, 4.69) is 16.7 Å². The molecule has 0 N–H and O–H groups in total. The number of rotatable bonds is 1. The molecule has 1 aromatic heterocycles. The zero-order valence-corrected chi connectivity index (χ0v) is 5.51. The lowest BCUT2D eigenvalue weighted by molar-refractivity contribution is 0.391. The average Bonchev–Trinajstić information content (AvgIpc) is 2.14. The van der Waals surface area contributed by atoms with Crippen molar-refractivity contribution in [1.29, 1.82) is 0 Å². The van der Waals surface area contributed by atoms with E-state index in [0.717, 1.165) is 5.57 Å². The van der Waals surface area contributed by atoms with E-state index in [0.29, 0.717) is 11.7 Å². The topological polar surface area (TPSA) is 38.9 Å². The van der Waals surface area contributed by atoms with Gasteiger partial charge in [0.2, 0.25) is 5.89 Å². The summed E-state index contributed by atoms with van der Waals surface area (Å²) in [5.41, 5.74) is 0.826. The van der Waals surface area contributed by atoms with Crippen molar-refractivity contribution in [2.75, 3.05) is 0 Å². The van der Waals surface area contributed by atoms with Gasteiger partial charge < -0.3 is 4.52 Å². The Morgan fingerprint density at radius 2 is 2.33 bits per heavy atom. The van der Waals surface area contributed by atoms with Crippen molar-refractivity contribution < 1.29 is 4.52 Å². The van der Waals surface area contributed by atoms with Crippen molar-refractivity contribution in [1.82, 2.24) is 10.1 Å². The Labute approximate surface area is 53.4 Å². The number of aryl methyl sites for hydroxylation is 1. The van der Waals surface area contributed by atoms with Gasteiger partial charge in [-0.05, 0) is 12.5 Å². The van der Waals surface area contributed by atoms with Crippen molar-refractivity contribution >= 4 is 5.57 Å². The average molecular weight is 124 g/mol. The quantitative estimate of drug-likeness (QED) is 0.568. The maximum atomic E-state index is 4.70. The second-order valence-electron chi connectivity index (χ2n) is 1.92. The predicted molar refractivity (Wildman–Crippen MR) is 33.7 cm³/mol. The molecule has 0 aliphatic rings. The maximum absolute atomic E-state index is 4.70. The summed E-state index contributed by atoms with van der Waals surface area (Å²) >= 11 is 0. The summed E-state index contributed by atoms with van der Waals surface area (Å²) < 4.78 is 4.70. The van der Waals surface area contributed by atoms with Crippen LogP contribution in [0.3, 0.4) is 0 Å². The second kappa shape index (κ2) is 2.01. The molecule has 48 valence electrons. The lowest BCUT2D eigenvalue weighted by Gasteiger charge is -1.81. The zero-order valence-electron chi connectivity index (χ0n) is 5.51. The minimum atomic E-state index is 0.577. The number of hydrogen-bond acceptors (Lipinski definition) is 3. The van der Waals surface area contributed by atoms with Gasteiger partial charge in [0.15, 0.2) is 5.82 Å². The Balaban J connectivity index is 2.98. The highest BCUT2D eigenvalue weighted by atomic mass is 16.5. The molecule has 0 saturated heterocycles. The highest BCUT2D eigenvalue weighted by Crippen LogP contribution is 2.04. The molecule has 1 heterocycles. The fourth-order valence-corrected chi connectivity index (χ4v) is 0.473. The summed E-state index contributed by atoms with van der Waals surface area (Å²) in [7, 11) is 0. The van der Waals surface area contributed by atoms with Gasteiger partial charge in [0, 0.05) is 6.92 Å². The summed E-state index contributed by atoms with van der Waals surface area (Å²) in [6.07, 6.45) is 0. The minimum absolute atomic E-state index is 0.577. The lowest BCUT2D eigenvalue weighted by atomic mass is 10.3. The van der Waals surface area contributed by atoms with Crippen molar-refractivity contribution in [2.24, 2.45) is 0 Å². The van der Waals surface area contributed by atoms with Gasteiger partial charge in [0.25, 0.3) is 0 Å². The first-order valence-electron chi connectivity index (χ1n) is 2.66. The van der Waals surface area contributed by atoms with Crippen LogP contribution in [0.25, 0.3) is 5.57 Å². The highest BCUT2D eigenvalue weighted by molar-refractivity contribution is 5.53. The Kier molecular flexibility index (Phi) is 1.34. The van der Waals surface area contributed by atoms with Crippen molar-refractivity contribution in [3.8, 4) is 0 Å². The van der Waals surface area contributed by atoms with E-state index in [1.165, 1.54) is 0 Å². The van der Waals surface area contributed by atoms with Crippen LogP contribution in [0.15, 0.2) is 11.1 Å². The van der Waals surface area contributed by atoms with Gasteiger partial charge in [-0.2, -0.15) is 4.98 Å². The van der Waals surface area contributed by atoms with Gasteiger partial charge in [-0.3, -0.25) is 0 Å². The van der Waals surface area contributed by atoms with E-state index in [4.69, 9.17) is 4.52 Å². The third-order valence-corrected chi connectivity index (χ3v) is 0.909. The largest absolute Gasteiger partial charge is 0.339 e. The molecule has 0 aliphatic carbocycles. The Bertz CT molecular complexity index is 227. The highest BCUT2D eigenvalue weighted by Gasteiger charge is 1.99. The summed E-state index contributed by atoms with van der Waals surface area (Å²) in [6, 6.07) is 0. The van der Waals surface area contributed by atoms with Gasteiger partial charge in [-0.15, -0.1) is 0 Å².